The lowest BCUT2D eigenvalue weighted by Crippen LogP contribution is -2.59. The summed E-state index contributed by atoms with van der Waals surface area (Å²) in [5.41, 5.74) is 4.03. The molecule has 7 rings (SSSR count). The standard InChI is InChI=1S/C30H34N2O3/c1-28-9-7-22-14-24-27(34)26(33)21(16-31-2)15-29(24)10-11-30(22,35-29)25(28)6-5-23(28)19-4-3-18-8-12-32-17-20(18)13-19/h3-5,7-8,12-14,17,21,25-27,31,33-34H,6,9-11,15-16H2,1-2H3/t21-,25-,26-,27-,28-,29-,30-/m1/s1. The Labute approximate surface area is 206 Å². The minimum absolute atomic E-state index is 0.00652. The van der Waals surface area contributed by atoms with Gasteiger partial charge in [0.05, 0.1) is 17.3 Å². The fraction of sp³-hybridized carbons (Fsp3) is 0.500. The minimum atomic E-state index is -0.865. The van der Waals surface area contributed by atoms with E-state index in [9.17, 15) is 10.2 Å². The molecule has 5 aliphatic rings. The second-order valence-electron chi connectivity index (χ2n) is 11.7. The van der Waals surface area contributed by atoms with Crippen LogP contribution in [0.2, 0.25) is 0 Å². The number of nitrogens with one attached hydrogen (secondary N) is 1. The van der Waals surface area contributed by atoms with Gasteiger partial charge in [0, 0.05) is 41.6 Å². The lowest BCUT2D eigenvalue weighted by Gasteiger charge is -2.55. The molecule has 2 bridgehead atoms. The van der Waals surface area contributed by atoms with E-state index in [1.54, 1.807) is 0 Å². The Morgan fingerprint density at radius 3 is 2.89 bits per heavy atom. The Kier molecular flexibility index (Phi) is 4.61. The summed E-state index contributed by atoms with van der Waals surface area (Å²) in [5.74, 6) is 0.338. The summed E-state index contributed by atoms with van der Waals surface area (Å²) in [5, 5.41) is 27.5. The Morgan fingerprint density at radius 1 is 1.14 bits per heavy atom. The van der Waals surface area contributed by atoms with Crippen molar-refractivity contribution < 1.29 is 14.9 Å². The van der Waals surface area contributed by atoms with Crippen LogP contribution in [-0.4, -0.2) is 52.2 Å². The van der Waals surface area contributed by atoms with Crippen LogP contribution in [0.1, 0.15) is 44.6 Å². The van der Waals surface area contributed by atoms with Gasteiger partial charge in [0.25, 0.3) is 0 Å². The fourth-order valence-electron chi connectivity index (χ4n) is 8.30. The van der Waals surface area contributed by atoms with Crippen molar-refractivity contribution in [2.75, 3.05) is 13.6 Å². The van der Waals surface area contributed by atoms with Gasteiger partial charge in [-0.15, -0.1) is 0 Å². The summed E-state index contributed by atoms with van der Waals surface area (Å²) < 4.78 is 7.23. The van der Waals surface area contributed by atoms with E-state index in [1.807, 2.05) is 19.4 Å². The molecular formula is C30H34N2O3. The smallest absolute Gasteiger partial charge is 0.104 e. The monoisotopic (exact) mass is 470 g/mol. The summed E-state index contributed by atoms with van der Waals surface area (Å²) in [6.45, 7) is 3.10. The number of hydrogen-bond donors (Lipinski definition) is 3. The molecular weight excluding hydrogens is 436 g/mol. The van der Waals surface area contributed by atoms with Crippen LogP contribution in [0.15, 0.2) is 66.0 Å². The Balaban J connectivity index is 1.29. The number of hydrogen-bond acceptors (Lipinski definition) is 5. The van der Waals surface area contributed by atoms with E-state index in [1.165, 1.54) is 27.5 Å². The number of aromatic nitrogens is 1. The molecule has 2 aromatic rings. The van der Waals surface area contributed by atoms with Crippen LogP contribution in [0.4, 0.5) is 0 Å². The van der Waals surface area contributed by atoms with E-state index in [-0.39, 0.29) is 16.9 Å². The largest absolute Gasteiger partial charge is 0.390 e. The maximum atomic E-state index is 11.1. The van der Waals surface area contributed by atoms with Crippen LogP contribution in [0, 0.1) is 17.3 Å². The molecule has 3 heterocycles. The zero-order chi connectivity index (χ0) is 24.0. The normalized spacial score (nSPS) is 41.5. The molecule has 35 heavy (non-hydrogen) atoms. The van der Waals surface area contributed by atoms with E-state index in [2.05, 4.69) is 59.7 Å². The summed E-state index contributed by atoms with van der Waals surface area (Å²) in [6, 6.07) is 8.82. The molecule has 0 radical (unpaired) electrons. The summed E-state index contributed by atoms with van der Waals surface area (Å²) in [7, 11) is 1.90. The number of pyridine rings is 1. The third kappa shape index (κ3) is 2.81. The molecule has 1 saturated carbocycles. The van der Waals surface area contributed by atoms with Crippen molar-refractivity contribution in [1.82, 2.24) is 10.3 Å². The van der Waals surface area contributed by atoms with Gasteiger partial charge in [-0.2, -0.15) is 0 Å². The maximum Gasteiger partial charge on any atom is 0.104 e. The highest BCUT2D eigenvalue weighted by Gasteiger charge is 2.67. The van der Waals surface area contributed by atoms with E-state index in [4.69, 9.17) is 4.74 Å². The second kappa shape index (κ2) is 7.36. The van der Waals surface area contributed by atoms with Gasteiger partial charge in [-0.05, 0) is 79.0 Å². The number of nitrogens with zero attached hydrogens (tertiary/aromatic N) is 1. The van der Waals surface area contributed by atoms with E-state index < -0.39 is 17.8 Å². The fourth-order valence-corrected chi connectivity index (χ4v) is 8.30. The third-order valence-electron chi connectivity index (χ3n) is 9.99. The molecule has 1 aromatic heterocycles. The number of ether oxygens (including phenoxy) is 1. The first-order valence-corrected chi connectivity index (χ1v) is 13.1. The van der Waals surface area contributed by atoms with Gasteiger partial charge in [-0.3, -0.25) is 4.98 Å². The number of allylic oxidation sites excluding steroid dienone is 3. The molecule has 7 atom stereocenters. The predicted molar refractivity (Wildman–Crippen MR) is 137 cm³/mol. The zero-order valence-electron chi connectivity index (χ0n) is 20.5. The molecule has 3 aliphatic carbocycles. The van der Waals surface area contributed by atoms with Gasteiger partial charge < -0.3 is 20.3 Å². The SMILES string of the molecule is CNC[C@H]1C[C@@]23CC[C@@]4(O2)C(=CC[C@]2(C)C(c5ccc6ccncc6c5)=CC[C@H]24)C=C3[C@@H](O)[C@@H]1O. The molecule has 5 heteroatoms. The summed E-state index contributed by atoms with van der Waals surface area (Å²) >= 11 is 0. The van der Waals surface area contributed by atoms with Crippen LogP contribution in [0.5, 0.6) is 0 Å². The molecule has 1 saturated heterocycles. The first-order valence-electron chi connectivity index (χ1n) is 13.1. The maximum absolute atomic E-state index is 11.1. The second-order valence-corrected chi connectivity index (χ2v) is 11.7. The lowest BCUT2D eigenvalue weighted by molar-refractivity contribution is -0.160. The summed E-state index contributed by atoms with van der Waals surface area (Å²) in [4.78, 5) is 4.33. The van der Waals surface area contributed by atoms with Crippen molar-refractivity contribution in [3.05, 3.63) is 71.6 Å². The van der Waals surface area contributed by atoms with Gasteiger partial charge in [0.2, 0.25) is 0 Å². The number of aliphatic hydroxyl groups excluding tert-OH is 2. The molecule has 1 aromatic carbocycles. The molecule has 2 spiro atoms. The predicted octanol–water partition coefficient (Wildman–Crippen LogP) is 4.16. The molecule has 3 N–H and O–H groups in total. The van der Waals surface area contributed by atoms with Gasteiger partial charge in [0.15, 0.2) is 0 Å². The van der Waals surface area contributed by atoms with E-state index >= 15 is 0 Å². The number of aliphatic hydroxyl groups is 2. The van der Waals surface area contributed by atoms with Gasteiger partial charge in [0.1, 0.15) is 6.10 Å². The van der Waals surface area contributed by atoms with Crippen LogP contribution in [0.25, 0.3) is 16.3 Å². The highest BCUT2D eigenvalue weighted by molar-refractivity contribution is 5.87. The van der Waals surface area contributed by atoms with Gasteiger partial charge in [-0.25, -0.2) is 0 Å². The van der Waals surface area contributed by atoms with Crippen LogP contribution >= 0.6 is 0 Å². The number of fused-ring (bicyclic) bond motifs is 2. The van der Waals surface area contributed by atoms with Crippen molar-refractivity contribution in [1.29, 1.82) is 0 Å². The lowest BCUT2D eigenvalue weighted by atomic mass is 9.58. The molecule has 2 fully saturated rings. The quantitative estimate of drug-likeness (QED) is 0.628. The first kappa shape index (κ1) is 21.9. The topological polar surface area (TPSA) is 74.6 Å². The third-order valence-corrected chi connectivity index (χ3v) is 9.99. The van der Waals surface area contributed by atoms with Crippen LogP contribution < -0.4 is 5.32 Å². The molecule has 5 nitrogen and oxygen atoms in total. The average Bonchev–Trinajstić information content (AvgIpc) is 3.38. The number of rotatable bonds is 3. The zero-order valence-corrected chi connectivity index (χ0v) is 20.5. The van der Waals surface area contributed by atoms with Crippen LogP contribution in [-0.2, 0) is 4.74 Å². The van der Waals surface area contributed by atoms with E-state index in [0.717, 1.165) is 37.7 Å². The van der Waals surface area contributed by atoms with Crippen molar-refractivity contribution in [2.45, 2.75) is 62.4 Å². The van der Waals surface area contributed by atoms with Crippen molar-refractivity contribution in [3.8, 4) is 0 Å². The molecule has 0 unspecified atom stereocenters. The molecule has 0 amide bonds. The number of benzene rings is 1. The van der Waals surface area contributed by atoms with Gasteiger partial charge >= 0.3 is 0 Å². The first-order chi connectivity index (χ1) is 16.9. The van der Waals surface area contributed by atoms with Crippen molar-refractivity contribution in [2.24, 2.45) is 17.3 Å². The summed E-state index contributed by atoms with van der Waals surface area (Å²) in [6.07, 6.45) is 13.8. The average molecular weight is 471 g/mol. The highest BCUT2D eigenvalue weighted by Crippen LogP contribution is 2.67. The van der Waals surface area contributed by atoms with Crippen LogP contribution in [0.3, 0.4) is 0 Å². The molecule has 182 valence electrons. The minimum Gasteiger partial charge on any atom is -0.390 e. The highest BCUT2D eigenvalue weighted by atomic mass is 16.5. The Morgan fingerprint density at radius 2 is 2.03 bits per heavy atom. The van der Waals surface area contributed by atoms with E-state index in [0.29, 0.717) is 12.5 Å². The van der Waals surface area contributed by atoms with Gasteiger partial charge in [-0.1, -0.05) is 37.3 Å². The Bertz CT molecular complexity index is 1310. The Hall–Kier alpha value is -2.31. The van der Waals surface area contributed by atoms with Crippen molar-refractivity contribution >= 4 is 16.3 Å². The molecule has 2 aliphatic heterocycles. The van der Waals surface area contributed by atoms with Crippen molar-refractivity contribution in [3.63, 3.8) is 0 Å².